The summed E-state index contributed by atoms with van der Waals surface area (Å²) in [5.74, 6) is 0. The molecule has 1 nitrogen and oxygen atoms in total. The molecule has 0 heterocycles. The zero-order chi connectivity index (χ0) is 20.1. The third-order valence-electron chi connectivity index (χ3n) is 6.24. The van der Waals surface area contributed by atoms with E-state index in [2.05, 4.69) is 121 Å². The molecule has 6 aromatic carbocycles. The molecule has 0 saturated heterocycles. The number of hydrogen-bond acceptors (Lipinski definition) is 1. The van der Waals surface area contributed by atoms with Crippen LogP contribution in [-0.4, -0.2) is 7.05 Å². The number of nitrogens with zero attached hydrogens (tertiary/aromatic N) is 1. The summed E-state index contributed by atoms with van der Waals surface area (Å²) in [6.45, 7) is 0. The number of benzene rings is 6. The molecule has 0 unspecified atom stereocenters. The molecule has 0 N–H and O–H groups in total. The average molecular weight is 383 g/mol. The van der Waals surface area contributed by atoms with E-state index in [9.17, 15) is 0 Å². The minimum atomic E-state index is 1.19. The highest BCUT2D eigenvalue weighted by Crippen LogP contribution is 2.38. The van der Waals surface area contributed by atoms with Crippen molar-refractivity contribution >= 4 is 54.5 Å². The van der Waals surface area contributed by atoms with E-state index in [0.717, 1.165) is 0 Å². The zero-order valence-corrected chi connectivity index (χ0v) is 16.8. The Labute approximate surface area is 175 Å². The van der Waals surface area contributed by atoms with E-state index < -0.39 is 0 Å². The second-order valence-electron chi connectivity index (χ2n) is 7.88. The van der Waals surface area contributed by atoms with Crippen molar-refractivity contribution in [1.82, 2.24) is 0 Å². The first kappa shape index (κ1) is 17.1. The van der Waals surface area contributed by atoms with E-state index in [-0.39, 0.29) is 0 Å². The predicted octanol–water partition coefficient (Wildman–Crippen LogP) is 8.07. The smallest absolute Gasteiger partial charge is 0.0487 e. The van der Waals surface area contributed by atoms with E-state index >= 15 is 0 Å². The van der Waals surface area contributed by atoms with Crippen molar-refractivity contribution in [3.8, 4) is 0 Å². The largest absolute Gasteiger partial charge is 0.344 e. The highest BCUT2D eigenvalue weighted by molar-refractivity contribution is 6.25. The van der Waals surface area contributed by atoms with Gasteiger partial charge in [-0.3, -0.25) is 0 Å². The fourth-order valence-corrected chi connectivity index (χ4v) is 4.74. The van der Waals surface area contributed by atoms with Crippen LogP contribution in [0.3, 0.4) is 0 Å². The maximum Gasteiger partial charge on any atom is 0.0487 e. The van der Waals surface area contributed by atoms with Crippen molar-refractivity contribution in [3.63, 3.8) is 0 Å². The Morgan fingerprint density at radius 1 is 0.433 bits per heavy atom. The van der Waals surface area contributed by atoms with Crippen molar-refractivity contribution in [1.29, 1.82) is 0 Å². The predicted molar refractivity (Wildman–Crippen MR) is 131 cm³/mol. The van der Waals surface area contributed by atoms with Crippen LogP contribution in [0.25, 0.3) is 43.1 Å². The summed E-state index contributed by atoms with van der Waals surface area (Å²) in [5.41, 5.74) is 2.41. The Kier molecular flexibility index (Phi) is 3.75. The minimum Gasteiger partial charge on any atom is -0.344 e. The van der Waals surface area contributed by atoms with Crippen molar-refractivity contribution in [2.75, 3.05) is 11.9 Å². The number of rotatable bonds is 2. The van der Waals surface area contributed by atoms with E-state index in [1.54, 1.807) is 0 Å². The summed E-state index contributed by atoms with van der Waals surface area (Å²) < 4.78 is 0. The summed E-state index contributed by atoms with van der Waals surface area (Å²) in [6.07, 6.45) is 0. The first-order chi connectivity index (χ1) is 14.8. The lowest BCUT2D eigenvalue weighted by Gasteiger charge is -2.22. The van der Waals surface area contributed by atoms with Crippen LogP contribution in [0.5, 0.6) is 0 Å². The summed E-state index contributed by atoms with van der Waals surface area (Å²) in [7, 11) is 2.16. The van der Waals surface area contributed by atoms with E-state index in [1.807, 2.05) is 0 Å². The molecule has 0 aliphatic rings. The van der Waals surface area contributed by atoms with Crippen LogP contribution in [0.4, 0.5) is 11.4 Å². The SMILES string of the molecule is CN(c1ccc2c3ccccc3c3ccccc3c2c1)c1cccc2ccccc12. The molecule has 0 bridgehead atoms. The molecule has 0 saturated carbocycles. The van der Waals surface area contributed by atoms with Gasteiger partial charge in [0.05, 0.1) is 0 Å². The number of fused-ring (bicyclic) bond motifs is 7. The standard InChI is InChI=1S/C29H21N/c1-30(29-16-8-10-20-9-2-3-11-22(20)29)21-17-18-27-25-14-5-4-12-23(25)24-13-6-7-15-26(24)28(27)19-21/h2-19H,1H3. The lowest BCUT2D eigenvalue weighted by atomic mass is 9.94. The quantitative estimate of drug-likeness (QED) is 0.273. The lowest BCUT2D eigenvalue weighted by Crippen LogP contribution is -2.09. The van der Waals surface area contributed by atoms with E-state index in [0.29, 0.717) is 0 Å². The van der Waals surface area contributed by atoms with Gasteiger partial charge in [0.25, 0.3) is 0 Å². The third kappa shape index (κ3) is 2.49. The van der Waals surface area contributed by atoms with Crippen LogP contribution in [0.15, 0.2) is 109 Å². The van der Waals surface area contributed by atoms with Gasteiger partial charge in [0.1, 0.15) is 0 Å². The van der Waals surface area contributed by atoms with Crippen LogP contribution < -0.4 is 4.90 Å². The highest BCUT2D eigenvalue weighted by Gasteiger charge is 2.12. The van der Waals surface area contributed by atoms with Crippen molar-refractivity contribution in [2.45, 2.75) is 0 Å². The van der Waals surface area contributed by atoms with Crippen molar-refractivity contribution in [2.24, 2.45) is 0 Å². The lowest BCUT2D eigenvalue weighted by molar-refractivity contribution is 1.23. The molecular formula is C29H21N. The third-order valence-corrected chi connectivity index (χ3v) is 6.24. The van der Waals surface area contributed by atoms with Gasteiger partial charge in [-0.15, -0.1) is 0 Å². The maximum atomic E-state index is 2.34. The molecule has 6 rings (SSSR count). The summed E-state index contributed by atoms with van der Waals surface area (Å²) >= 11 is 0. The molecule has 0 aromatic heterocycles. The Hall–Kier alpha value is -3.84. The van der Waals surface area contributed by atoms with Gasteiger partial charge in [-0.1, -0.05) is 91.0 Å². The van der Waals surface area contributed by atoms with Gasteiger partial charge in [0, 0.05) is 23.8 Å². The van der Waals surface area contributed by atoms with Crippen LogP contribution in [0, 0.1) is 0 Å². The van der Waals surface area contributed by atoms with Crippen molar-refractivity contribution < 1.29 is 0 Å². The summed E-state index contributed by atoms with van der Waals surface area (Å²) in [5, 5.41) is 10.4. The first-order valence-corrected chi connectivity index (χ1v) is 10.4. The Morgan fingerprint density at radius 3 is 1.60 bits per heavy atom. The van der Waals surface area contributed by atoms with Crippen LogP contribution in [-0.2, 0) is 0 Å². The fourth-order valence-electron chi connectivity index (χ4n) is 4.74. The fraction of sp³-hybridized carbons (Fsp3) is 0.0345. The van der Waals surface area contributed by atoms with Crippen molar-refractivity contribution in [3.05, 3.63) is 109 Å². The van der Waals surface area contributed by atoms with Crippen LogP contribution in [0.1, 0.15) is 0 Å². The molecule has 6 aromatic rings. The number of anilines is 2. The summed E-state index contributed by atoms with van der Waals surface area (Å²) in [4.78, 5) is 2.30. The maximum absolute atomic E-state index is 2.34. The topological polar surface area (TPSA) is 3.24 Å². The van der Waals surface area contributed by atoms with Gasteiger partial charge < -0.3 is 4.90 Å². The molecule has 0 aliphatic carbocycles. The zero-order valence-electron chi connectivity index (χ0n) is 16.8. The molecule has 0 spiro atoms. The number of hydrogen-bond donors (Lipinski definition) is 0. The van der Waals surface area contributed by atoms with Gasteiger partial charge in [0.15, 0.2) is 0 Å². The van der Waals surface area contributed by atoms with Crippen LogP contribution in [0.2, 0.25) is 0 Å². The van der Waals surface area contributed by atoms with Gasteiger partial charge in [-0.2, -0.15) is 0 Å². The molecular weight excluding hydrogens is 362 g/mol. The van der Waals surface area contributed by atoms with E-state index in [1.165, 1.54) is 54.5 Å². The van der Waals surface area contributed by atoms with Gasteiger partial charge in [0.2, 0.25) is 0 Å². The second-order valence-corrected chi connectivity index (χ2v) is 7.88. The molecule has 0 fully saturated rings. The van der Waals surface area contributed by atoms with Gasteiger partial charge in [-0.05, 0) is 55.9 Å². The molecule has 142 valence electrons. The Morgan fingerprint density at radius 2 is 0.933 bits per heavy atom. The second kappa shape index (κ2) is 6.60. The Balaban J connectivity index is 1.63. The average Bonchev–Trinajstić information content (AvgIpc) is 2.83. The highest BCUT2D eigenvalue weighted by atomic mass is 15.1. The Bertz CT molecular complexity index is 1520. The summed E-state index contributed by atoms with van der Waals surface area (Å²) in [6, 6.07) is 39.4. The monoisotopic (exact) mass is 383 g/mol. The van der Waals surface area contributed by atoms with Gasteiger partial charge in [-0.25, -0.2) is 0 Å². The molecule has 0 atom stereocenters. The molecule has 1 heteroatoms. The molecule has 0 amide bonds. The van der Waals surface area contributed by atoms with Gasteiger partial charge >= 0.3 is 0 Å². The molecule has 30 heavy (non-hydrogen) atoms. The molecule has 0 aliphatic heterocycles. The minimum absolute atomic E-state index is 1.19. The molecule has 0 radical (unpaired) electrons. The van der Waals surface area contributed by atoms with Crippen LogP contribution >= 0.6 is 0 Å². The normalized spacial score (nSPS) is 11.5. The first-order valence-electron chi connectivity index (χ1n) is 10.4. The van der Waals surface area contributed by atoms with E-state index in [4.69, 9.17) is 0 Å².